The number of rotatable bonds is 4. The number of hydrogen-bond acceptors (Lipinski definition) is 4. The molecule has 1 aliphatic heterocycles. The van der Waals surface area contributed by atoms with Gasteiger partial charge < -0.3 is 19.1 Å². The molecule has 0 amide bonds. The van der Waals surface area contributed by atoms with Crippen molar-refractivity contribution in [2.24, 2.45) is 0 Å². The van der Waals surface area contributed by atoms with Gasteiger partial charge in [-0.25, -0.2) is 4.79 Å². The highest BCUT2D eigenvalue weighted by Gasteiger charge is 2.17. The van der Waals surface area contributed by atoms with Crippen LogP contribution in [0.15, 0.2) is 48.5 Å². The highest BCUT2D eigenvalue weighted by atomic mass is 16.7. The molecule has 1 aromatic heterocycles. The van der Waals surface area contributed by atoms with E-state index in [1.807, 2.05) is 44.2 Å². The summed E-state index contributed by atoms with van der Waals surface area (Å²) >= 11 is 0. The SMILES string of the molecule is Cc1cc(/C=C(/C#N)c2ccc(C(=O)O)cc2)c(C)n1-c1ccc2c(c1)OCO2. The van der Waals surface area contributed by atoms with Crippen molar-refractivity contribution >= 4 is 17.6 Å². The lowest BCUT2D eigenvalue weighted by molar-refractivity contribution is 0.0697. The first kappa shape index (κ1) is 18.4. The Balaban J connectivity index is 1.73. The van der Waals surface area contributed by atoms with E-state index in [1.54, 1.807) is 12.1 Å². The van der Waals surface area contributed by atoms with Gasteiger partial charge >= 0.3 is 5.97 Å². The van der Waals surface area contributed by atoms with Crippen molar-refractivity contribution in [2.75, 3.05) is 6.79 Å². The van der Waals surface area contributed by atoms with E-state index < -0.39 is 5.97 Å². The molecule has 6 heteroatoms. The summed E-state index contributed by atoms with van der Waals surface area (Å²) in [4.78, 5) is 11.0. The molecule has 2 aromatic carbocycles. The smallest absolute Gasteiger partial charge is 0.335 e. The Morgan fingerprint density at radius 1 is 1.07 bits per heavy atom. The molecule has 2 heterocycles. The zero-order valence-electron chi connectivity index (χ0n) is 16.0. The van der Waals surface area contributed by atoms with E-state index in [0.29, 0.717) is 16.9 Å². The van der Waals surface area contributed by atoms with Crippen LogP contribution in [0.1, 0.15) is 32.9 Å². The van der Waals surface area contributed by atoms with Gasteiger partial charge in [0.25, 0.3) is 0 Å². The predicted molar refractivity (Wildman–Crippen MR) is 108 cm³/mol. The molecule has 0 unspecified atom stereocenters. The number of carboxylic acid groups (broad SMARTS) is 1. The molecule has 0 atom stereocenters. The average molecular weight is 386 g/mol. The summed E-state index contributed by atoms with van der Waals surface area (Å²) in [7, 11) is 0. The molecule has 3 aromatic rings. The van der Waals surface area contributed by atoms with Crippen molar-refractivity contribution < 1.29 is 19.4 Å². The van der Waals surface area contributed by atoms with Crippen molar-refractivity contribution in [3.8, 4) is 23.3 Å². The number of aromatic nitrogens is 1. The molecule has 144 valence electrons. The Labute approximate surface area is 167 Å². The summed E-state index contributed by atoms with van der Waals surface area (Å²) < 4.78 is 13.0. The second kappa shape index (κ2) is 7.21. The summed E-state index contributed by atoms with van der Waals surface area (Å²) in [6, 6.07) is 16.3. The van der Waals surface area contributed by atoms with Gasteiger partial charge in [0.15, 0.2) is 11.5 Å². The second-order valence-electron chi connectivity index (χ2n) is 6.75. The summed E-state index contributed by atoms with van der Waals surface area (Å²) in [5.41, 5.74) is 5.19. The van der Waals surface area contributed by atoms with Crippen LogP contribution >= 0.6 is 0 Å². The van der Waals surface area contributed by atoms with Gasteiger partial charge in [0.2, 0.25) is 6.79 Å². The first-order chi connectivity index (χ1) is 14.0. The van der Waals surface area contributed by atoms with Gasteiger partial charge in [-0.2, -0.15) is 5.26 Å². The molecule has 4 rings (SSSR count). The van der Waals surface area contributed by atoms with E-state index in [-0.39, 0.29) is 12.4 Å². The van der Waals surface area contributed by atoms with Crippen LogP contribution in [0.5, 0.6) is 11.5 Å². The molecular weight excluding hydrogens is 368 g/mol. The van der Waals surface area contributed by atoms with Crippen molar-refractivity contribution in [1.82, 2.24) is 4.57 Å². The predicted octanol–water partition coefficient (Wildman–Crippen LogP) is 4.59. The highest BCUT2D eigenvalue weighted by molar-refractivity contribution is 5.92. The minimum absolute atomic E-state index is 0.187. The summed E-state index contributed by atoms with van der Waals surface area (Å²) in [6.07, 6.45) is 1.82. The topological polar surface area (TPSA) is 84.5 Å². The maximum atomic E-state index is 11.0. The number of carbonyl (C=O) groups is 1. The first-order valence-electron chi connectivity index (χ1n) is 9.02. The number of hydrogen-bond donors (Lipinski definition) is 1. The molecule has 0 spiro atoms. The molecular formula is C23H18N2O4. The number of carboxylic acids is 1. The lowest BCUT2D eigenvalue weighted by atomic mass is 10.0. The van der Waals surface area contributed by atoms with Crippen molar-refractivity contribution in [1.29, 1.82) is 5.26 Å². The van der Waals surface area contributed by atoms with Gasteiger partial charge in [-0.05, 0) is 61.4 Å². The summed E-state index contributed by atoms with van der Waals surface area (Å²) in [5, 5.41) is 18.7. The molecule has 0 fully saturated rings. The van der Waals surface area contributed by atoms with Gasteiger partial charge in [-0.15, -0.1) is 0 Å². The Morgan fingerprint density at radius 3 is 2.45 bits per heavy atom. The lowest BCUT2D eigenvalue weighted by Crippen LogP contribution is -1.99. The lowest BCUT2D eigenvalue weighted by Gasteiger charge is -2.10. The molecule has 6 nitrogen and oxygen atoms in total. The van der Waals surface area contributed by atoms with E-state index in [2.05, 4.69) is 10.6 Å². The third kappa shape index (κ3) is 3.34. The molecule has 0 saturated heterocycles. The fraction of sp³-hybridized carbons (Fsp3) is 0.130. The minimum Gasteiger partial charge on any atom is -0.478 e. The monoisotopic (exact) mass is 386 g/mol. The van der Waals surface area contributed by atoms with Gasteiger partial charge in [-0.3, -0.25) is 0 Å². The van der Waals surface area contributed by atoms with E-state index in [0.717, 1.165) is 28.4 Å². The Kier molecular flexibility index (Phi) is 4.57. The number of aryl methyl sites for hydroxylation is 1. The molecule has 0 aliphatic carbocycles. The minimum atomic E-state index is -0.994. The van der Waals surface area contributed by atoms with Gasteiger partial charge in [0, 0.05) is 23.1 Å². The number of nitrogens with zero attached hydrogens (tertiary/aromatic N) is 2. The van der Waals surface area contributed by atoms with E-state index in [4.69, 9.17) is 14.6 Å². The largest absolute Gasteiger partial charge is 0.478 e. The maximum Gasteiger partial charge on any atom is 0.335 e. The van der Waals surface area contributed by atoms with Crippen LogP contribution in [0.4, 0.5) is 0 Å². The Bertz CT molecular complexity index is 1180. The zero-order chi connectivity index (χ0) is 20.5. The summed E-state index contributed by atoms with van der Waals surface area (Å²) in [5.74, 6) is 0.447. The molecule has 0 radical (unpaired) electrons. The maximum absolute atomic E-state index is 11.0. The van der Waals surface area contributed by atoms with Crippen LogP contribution in [0.25, 0.3) is 17.3 Å². The normalized spacial score (nSPS) is 12.7. The third-order valence-electron chi connectivity index (χ3n) is 4.95. The first-order valence-corrected chi connectivity index (χ1v) is 9.02. The molecule has 1 aliphatic rings. The number of fused-ring (bicyclic) bond motifs is 1. The molecule has 0 bridgehead atoms. The van der Waals surface area contributed by atoms with Crippen LogP contribution in [-0.4, -0.2) is 22.4 Å². The Hall–Kier alpha value is -3.98. The number of allylic oxidation sites excluding steroid dienone is 1. The van der Waals surface area contributed by atoms with Gasteiger partial charge in [0.1, 0.15) is 0 Å². The average Bonchev–Trinajstić information content (AvgIpc) is 3.29. The van der Waals surface area contributed by atoms with Crippen molar-refractivity contribution in [3.05, 3.63) is 76.6 Å². The van der Waals surface area contributed by atoms with Crippen LogP contribution < -0.4 is 9.47 Å². The van der Waals surface area contributed by atoms with E-state index in [9.17, 15) is 10.1 Å². The number of nitriles is 1. The zero-order valence-corrected chi connectivity index (χ0v) is 16.0. The fourth-order valence-corrected chi connectivity index (χ4v) is 3.48. The van der Waals surface area contributed by atoms with Gasteiger partial charge in [0.05, 0.1) is 17.2 Å². The third-order valence-corrected chi connectivity index (χ3v) is 4.95. The van der Waals surface area contributed by atoms with Gasteiger partial charge in [-0.1, -0.05) is 12.1 Å². The van der Waals surface area contributed by atoms with Crippen LogP contribution in [0.2, 0.25) is 0 Å². The Morgan fingerprint density at radius 2 is 1.76 bits per heavy atom. The van der Waals surface area contributed by atoms with Crippen LogP contribution in [-0.2, 0) is 0 Å². The standard InChI is InChI=1S/C23H18N2O4/c1-14-9-18(10-19(12-24)16-3-5-17(6-4-16)23(26)27)15(2)25(14)20-7-8-21-22(11-20)29-13-28-21/h3-11H,13H2,1-2H3,(H,26,27)/b19-10-. The molecule has 1 N–H and O–H groups in total. The van der Waals surface area contributed by atoms with Crippen LogP contribution in [0.3, 0.4) is 0 Å². The summed E-state index contributed by atoms with van der Waals surface area (Å²) in [6.45, 7) is 4.22. The van der Waals surface area contributed by atoms with E-state index >= 15 is 0 Å². The fourth-order valence-electron chi connectivity index (χ4n) is 3.48. The molecule has 0 saturated carbocycles. The highest BCUT2D eigenvalue weighted by Crippen LogP contribution is 2.35. The quantitative estimate of drug-likeness (QED) is 0.663. The number of benzene rings is 2. The van der Waals surface area contributed by atoms with Crippen molar-refractivity contribution in [3.63, 3.8) is 0 Å². The number of ether oxygens (including phenoxy) is 2. The number of aromatic carboxylic acids is 1. The van der Waals surface area contributed by atoms with Crippen molar-refractivity contribution in [2.45, 2.75) is 13.8 Å². The van der Waals surface area contributed by atoms with Crippen LogP contribution in [0, 0.1) is 25.2 Å². The molecule has 29 heavy (non-hydrogen) atoms. The van der Waals surface area contributed by atoms with E-state index in [1.165, 1.54) is 12.1 Å². The second-order valence-corrected chi connectivity index (χ2v) is 6.75.